The van der Waals surface area contributed by atoms with Crippen molar-refractivity contribution in [1.29, 1.82) is 0 Å². The average molecular weight is 388 g/mol. The van der Waals surface area contributed by atoms with E-state index >= 15 is 0 Å². The lowest BCUT2D eigenvalue weighted by atomic mass is 10.2. The fourth-order valence-corrected chi connectivity index (χ4v) is 2.98. The van der Waals surface area contributed by atoms with Gasteiger partial charge in [0.25, 0.3) is 0 Å². The number of alkyl halides is 1. The zero-order valence-electron chi connectivity index (χ0n) is 10.9. The molecule has 0 fully saturated rings. The molecule has 0 spiro atoms. The van der Waals surface area contributed by atoms with Crippen LogP contribution in [-0.4, -0.2) is 9.55 Å². The summed E-state index contributed by atoms with van der Waals surface area (Å²) in [6.45, 7) is 1.83. The van der Waals surface area contributed by atoms with Gasteiger partial charge in [0.05, 0.1) is 22.1 Å². The highest BCUT2D eigenvalue weighted by Crippen LogP contribution is 2.33. The van der Waals surface area contributed by atoms with E-state index in [1.807, 2.05) is 17.6 Å². The van der Waals surface area contributed by atoms with Crippen molar-refractivity contribution >= 4 is 50.2 Å². The number of rotatable bonds is 2. The molecule has 1 aromatic heterocycles. The molecule has 0 amide bonds. The Bertz CT molecular complexity index is 830. The van der Waals surface area contributed by atoms with Crippen LogP contribution in [0, 0.1) is 5.82 Å². The van der Waals surface area contributed by atoms with E-state index in [9.17, 15) is 4.39 Å². The molecule has 6 heteroatoms. The van der Waals surface area contributed by atoms with Gasteiger partial charge in [0.15, 0.2) is 0 Å². The highest BCUT2D eigenvalue weighted by Gasteiger charge is 2.18. The topological polar surface area (TPSA) is 17.8 Å². The second-order valence-corrected chi connectivity index (χ2v) is 6.60. The minimum Gasteiger partial charge on any atom is -0.294 e. The molecule has 1 atom stereocenters. The third kappa shape index (κ3) is 2.68. The molecule has 2 nitrogen and oxygen atoms in total. The lowest BCUT2D eigenvalue weighted by Crippen LogP contribution is -2.03. The summed E-state index contributed by atoms with van der Waals surface area (Å²) < 4.78 is 16.2. The lowest BCUT2D eigenvalue weighted by Gasteiger charge is -2.12. The molecule has 1 unspecified atom stereocenters. The first kappa shape index (κ1) is 14.8. The van der Waals surface area contributed by atoms with Gasteiger partial charge in [-0.25, -0.2) is 9.37 Å². The van der Waals surface area contributed by atoms with Gasteiger partial charge in [-0.15, -0.1) is 11.6 Å². The van der Waals surface area contributed by atoms with Crippen LogP contribution in [0.25, 0.3) is 16.7 Å². The van der Waals surface area contributed by atoms with E-state index in [0.717, 1.165) is 15.5 Å². The Balaban J connectivity index is 2.41. The van der Waals surface area contributed by atoms with Gasteiger partial charge in [-0.05, 0) is 59.3 Å². The summed E-state index contributed by atoms with van der Waals surface area (Å²) in [7, 11) is 0. The highest BCUT2D eigenvalue weighted by molar-refractivity contribution is 9.10. The Morgan fingerprint density at radius 3 is 2.71 bits per heavy atom. The second-order valence-electron chi connectivity index (χ2n) is 4.65. The van der Waals surface area contributed by atoms with E-state index in [4.69, 9.17) is 23.2 Å². The van der Waals surface area contributed by atoms with E-state index in [1.165, 1.54) is 12.1 Å². The van der Waals surface area contributed by atoms with E-state index in [0.29, 0.717) is 16.5 Å². The number of aromatic nitrogens is 2. The molecule has 21 heavy (non-hydrogen) atoms. The van der Waals surface area contributed by atoms with Crippen LogP contribution in [0.2, 0.25) is 5.02 Å². The van der Waals surface area contributed by atoms with Crippen molar-refractivity contribution in [2.45, 2.75) is 12.3 Å². The highest BCUT2D eigenvalue weighted by atomic mass is 79.9. The Kier molecular flexibility index (Phi) is 3.95. The molecule has 0 aliphatic heterocycles. The summed E-state index contributed by atoms with van der Waals surface area (Å²) in [6.07, 6.45) is 0. The third-order valence-electron chi connectivity index (χ3n) is 3.15. The summed E-state index contributed by atoms with van der Waals surface area (Å²) in [5.74, 6) is 0.311. The molecule has 0 N–H and O–H groups in total. The predicted octanol–water partition coefficient (Wildman–Crippen LogP) is 5.88. The fourth-order valence-electron chi connectivity index (χ4n) is 2.24. The van der Waals surface area contributed by atoms with Crippen molar-refractivity contribution in [2.24, 2.45) is 0 Å². The molecular weight excluding hydrogens is 378 g/mol. The number of nitrogens with zero attached hydrogens (tertiary/aromatic N) is 2. The van der Waals surface area contributed by atoms with Crippen molar-refractivity contribution in [1.82, 2.24) is 9.55 Å². The van der Waals surface area contributed by atoms with Crippen LogP contribution < -0.4 is 0 Å². The molecular formula is C15H10BrCl2FN2. The van der Waals surface area contributed by atoms with E-state index < -0.39 is 0 Å². The van der Waals surface area contributed by atoms with Crippen LogP contribution in [0.5, 0.6) is 0 Å². The standard InChI is InChI=1S/C15H10BrCl2FN2/c1-8(17)15-20-12-5-2-9(18)6-14(12)21(15)13-7-10(19)3-4-11(13)16/h2-8H,1H3. The number of halogens is 4. The fraction of sp³-hybridized carbons (Fsp3) is 0.133. The Hall–Kier alpha value is -1.10. The second kappa shape index (κ2) is 5.59. The van der Waals surface area contributed by atoms with Gasteiger partial charge in [0, 0.05) is 9.50 Å². The van der Waals surface area contributed by atoms with Crippen LogP contribution in [0.4, 0.5) is 4.39 Å². The molecule has 3 aromatic rings. The number of hydrogen-bond donors (Lipinski definition) is 0. The normalized spacial score (nSPS) is 12.8. The molecule has 3 rings (SSSR count). The van der Waals surface area contributed by atoms with Gasteiger partial charge in [0.1, 0.15) is 11.6 Å². The Labute approximate surface area is 139 Å². The Morgan fingerprint density at radius 2 is 2.00 bits per heavy atom. The van der Waals surface area contributed by atoms with Crippen molar-refractivity contribution < 1.29 is 4.39 Å². The molecule has 2 aromatic carbocycles. The number of imidazole rings is 1. The summed E-state index contributed by atoms with van der Waals surface area (Å²) in [6, 6.07) is 9.88. The molecule has 0 aliphatic rings. The lowest BCUT2D eigenvalue weighted by molar-refractivity contribution is 0.626. The molecule has 108 valence electrons. The van der Waals surface area contributed by atoms with Crippen molar-refractivity contribution in [3.63, 3.8) is 0 Å². The summed E-state index contributed by atoms with van der Waals surface area (Å²) in [4.78, 5) is 4.53. The molecule has 0 aliphatic carbocycles. The largest absolute Gasteiger partial charge is 0.294 e. The number of benzene rings is 2. The Morgan fingerprint density at radius 1 is 1.24 bits per heavy atom. The van der Waals surface area contributed by atoms with Crippen LogP contribution in [0.3, 0.4) is 0 Å². The smallest absolute Gasteiger partial charge is 0.132 e. The first-order valence-electron chi connectivity index (χ1n) is 6.25. The van der Waals surface area contributed by atoms with Gasteiger partial charge in [-0.2, -0.15) is 0 Å². The third-order valence-corrected chi connectivity index (χ3v) is 4.25. The van der Waals surface area contributed by atoms with Gasteiger partial charge in [-0.3, -0.25) is 4.57 Å². The average Bonchev–Trinajstić information content (AvgIpc) is 2.80. The molecule has 1 heterocycles. The molecule has 0 radical (unpaired) electrons. The van der Waals surface area contributed by atoms with Gasteiger partial charge in [0.2, 0.25) is 0 Å². The molecule has 0 bridgehead atoms. The van der Waals surface area contributed by atoms with E-state index in [1.54, 1.807) is 18.2 Å². The van der Waals surface area contributed by atoms with Crippen LogP contribution >= 0.6 is 39.1 Å². The molecule has 0 saturated heterocycles. The summed E-state index contributed by atoms with van der Waals surface area (Å²) in [5, 5.41) is 0.260. The zero-order chi connectivity index (χ0) is 15.1. The monoisotopic (exact) mass is 386 g/mol. The first-order valence-corrected chi connectivity index (χ1v) is 7.85. The maximum atomic E-state index is 13.6. The van der Waals surface area contributed by atoms with Crippen molar-refractivity contribution in [3.8, 4) is 5.69 Å². The number of fused-ring (bicyclic) bond motifs is 1. The predicted molar refractivity (Wildman–Crippen MR) is 88.0 cm³/mol. The zero-order valence-corrected chi connectivity index (χ0v) is 14.0. The molecule has 0 saturated carbocycles. The van der Waals surface area contributed by atoms with Crippen LogP contribution in [-0.2, 0) is 0 Å². The summed E-state index contributed by atoms with van der Waals surface area (Å²) >= 11 is 15.8. The summed E-state index contributed by atoms with van der Waals surface area (Å²) in [5.41, 5.74) is 2.19. The van der Waals surface area contributed by atoms with Gasteiger partial charge >= 0.3 is 0 Å². The minimum absolute atomic E-state index is 0.327. The van der Waals surface area contributed by atoms with E-state index in [2.05, 4.69) is 20.9 Å². The van der Waals surface area contributed by atoms with Crippen molar-refractivity contribution in [2.75, 3.05) is 0 Å². The minimum atomic E-state index is -0.328. The first-order chi connectivity index (χ1) is 9.97. The maximum Gasteiger partial charge on any atom is 0.132 e. The van der Waals surface area contributed by atoms with Gasteiger partial charge < -0.3 is 0 Å². The SMILES string of the molecule is CC(Cl)c1nc2ccc(Cl)cc2n1-c1cc(F)ccc1Br. The van der Waals surface area contributed by atoms with Crippen LogP contribution in [0.15, 0.2) is 40.9 Å². The van der Waals surface area contributed by atoms with Crippen molar-refractivity contribution in [3.05, 3.63) is 57.5 Å². The van der Waals surface area contributed by atoms with Crippen LogP contribution in [0.1, 0.15) is 18.1 Å². The van der Waals surface area contributed by atoms with E-state index in [-0.39, 0.29) is 11.2 Å². The maximum absolute atomic E-state index is 13.6. The van der Waals surface area contributed by atoms with Gasteiger partial charge in [-0.1, -0.05) is 11.6 Å². The quantitative estimate of drug-likeness (QED) is 0.502. The number of hydrogen-bond acceptors (Lipinski definition) is 1.